The van der Waals surface area contributed by atoms with Crippen molar-refractivity contribution in [2.45, 2.75) is 45.0 Å². The van der Waals surface area contributed by atoms with Gasteiger partial charge in [-0.1, -0.05) is 20.8 Å². The van der Waals surface area contributed by atoms with Crippen LogP contribution >= 0.6 is 15.9 Å². The minimum atomic E-state index is -2.06. The van der Waals surface area contributed by atoms with Gasteiger partial charge in [-0.05, 0) is 58.3 Å². The number of pyridine rings is 2. The summed E-state index contributed by atoms with van der Waals surface area (Å²) in [4.78, 5) is 4.20. The first kappa shape index (κ1) is 22.4. The Morgan fingerprint density at radius 2 is 2.03 bits per heavy atom. The van der Waals surface area contributed by atoms with E-state index in [4.69, 9.17) is 9.16 Å². The molecule has 0 spiro atoms. The van der Waals surface area contributed by atoms with Crippen molar-refractivity contribution >= 4 is 29.8 Å². The van der Waals surface area contributed by atoms with Crippen LogP contribution in [0.1, 0.15) is 38.1 Å². The molecule has 3 heterocycles. The van der Waals surface area contributed by atoms with Crippen LogP contribution < -0.4 is 4.74 Å². The van der Waals surface area contributed by atoms with Gasteiger partial charge in [-0.25, -0.2) is 8.91 Å². The van der Waals surface area contributed by atoms with Crippen LogP contribution in [0, 0.1) is 17.1 Å². The lowest BCUT2D eigenvalue weighted by molar-refractivity contribution is 0.118. The monoisotopic (exact) mass is 490 g/mol. The Balaban J connectivity index is 1.99. The predicted octanol–water partition coefficient (Wildman–Crippen LogP) is 5.64. The molecule has 0 N–H and O–H groups in total. The van der Waals surface area contributed by atoms with Gasteiger partial charge < -0.3 is 9.16 Å². The first-order chi connectivity index (χ1) is 14.0. The summed E-state index contributed by atoms with van der Waals surface area (Å²) in [5, 5.41) is 13.9. The second-order valence-corrected chi connectivity index (χ2v) is 14.1. The summed E-state index contributed by atoms with van der Waals surface area (Å²) in [5.41, 5.74) is 1.47. The van der Waals surface area contributed by atoms with Gasteiger partial charge in [0.15, 0.2) is 14.4 Å². The highest BCUT2D eigenvalue weighted by atomic mass is 79.9. The lowest BCUT2D eigenvalue weighted by atomic mass is 10.2. The van der Waals surface area contributed by atoms with Crippen molar-refractivity contribution in [3.8, 4) is 11.8 Å². The molecule has 0 radical (unpaired) electrons. The number of nitriles is 1. The van der Waals surface area contributed by atoms with Crippen molar-refractivity contribution in [3.05, 3.63) is 58.3 Å². The molecule has 158 valence electrons. The molecular formula is C21H24BrFN4O2Si. The molecule has 0 aliphatic heterocycles. The maximum absolute atomic E-state index is 13.4. The number of nitrogens with zero attached hydrogens (tertiary/aromatic N) is 4. The highest BCUT2D eigenvalue weighted by molar-refractivity contribution is 9.10. The van der Waals surface area contributed by atoms with E-state index in [1.54, 1.807) is 28.9 Å². The standard InChI is InChI=1S/C21H24BrFN4O2Si/c1-21(2,3)30(4,5)28-13-18(16-9-8-14(23)12-25-16)29-17-7-6-10-27-19(17)15(11-24)20(22)26-27/h6-10,12,18H,13H2,1-5H3. The van der Waals surface area contributed by atoms with Crippen LogP contribution in [-0.4, -0.2) is 29.5 Å². The number of fused-ring (bicyclic) bond motifs is 1. The van der Waals surface area contributed by atoms with E-state index in [-0.39, 0.29) is 11.6 Å². The molecule has 0 fully saturated rings. The smallest absolute Gasteiger partial charge is 0.192 e. The van der Waals surface area contributed by atoms with Crippen molar-refractivity contribution in [3.63, 3.8) is 0 Å². The molecule has 0 aliphatic carbocycles. The summed E-state index contributed by atoms with van der Waals surface area (Å²) in [5.74, 6) is 0.0543. The normalized spacial score (nSPS) is 13.3. The first-order valence-electron chi connectivity index (χ1n) is 9.52. The first-order valence-corrected chi connectivity index (χ1v) is 13.2. The molecule has 3 aromatic heterocycles. The third-order valence-electron chi connectivity index (χ3n) is 5.44. The zero-order chi connectivity index (χ0) is 22.1. The fourth-order valence-electron chi connectivity index (χ4n) is 2.65. The number of hydrogen-bond donors (Lipinski definition) is 0. The highest BCUT2D eigenvalue weighted by Gasteiger charge is 2.38. The van der Waals surface area contributed by atoms with Gasteiger partial charge in [-0.3, -0.25) is 4.98 Å². The Morgan fingerprint density at radius 1 is 1.30 bits per heavy atom. The maximum Gasteiger partial charge on any atom is 0.192 e. The van der Waals surface area contributed by atoms with Crippen LogP contribution in [0.3, 0.4) is 0 Å². The van der Waals surface area contributed by atoms with Crippen LogP contribution in [0.5, 0.6) is 5.75 Å². The van der Waals surface area contributed by atoms with Crippen LogP contribution in [-0.2, 0) is 4.43 Å². The lowest BCUT2D eigenvalue weighted by Crippen LogP contribution is -2.42. The third-order valence-corrected chi connectivity index (χ3v) is 10.5. The molecule has 6 nitrogen and oxygen atoms in total. The second kappa shape index (κ2) is 8.45. The second-order valence-electron chi connectivity index (χ2n) is 8.52. The van der Waals surface area contributed by atoms with E-state index in [1.165, 1.54) is 6.07 Å². The minimum Gasteiger partial charge on any atom is -0.479 e. The zero-order valence-corrected chi connectivity index (χ0v) is 20.2. The average molecular weight is 491 g/mol. The topological polar surface area (TPSA) is 72.4 Å². The van der Waals surface area contributed by atoms with E-state index in [2.05, 4.69) is 65.9 Å². The Labute approximate surface area is 184 Å². The summed E-state index contributed by atoms with van der Waals surface area (Å²) >= 11 is 3.32. The lowest BCUT2D eigenvalue weighted by Gasteiger charge is -2.37. The highest BCUT2D eigenvalue weighted by Crippen LogP contribution is 2.38. The quantitative estimate of drug-likeness (QED) is 0.417. The molecule has 0 amide bonds. The molecule has 0 saturated carbocycles. The van der Waals surface area contributed by atoms with Crippen molar-refractivity contribution < 1.29 is 13.6 Å². The number of halogens is 2. The van der Waals surface area contributed by atoms with Crippen LogP contribution in [0.4, 0.5) is 4.39 Å². The van der Waals surface area contributed by atoms with E-state index in [1.807, 2.05) is 0 Å². The number of rotatable bonds is 6. The van der Waals surface area contributed by atoms with Crippen molar-refractivity contribution in [2.75, 3.05) is 6.61 Å². The molecule has 0 saturated heterocycles. The summed E-state index contributed by atoms with van der Waals surface area (Å²) in [6, 6.07) is 8.65. The Hall–Kier alpha value is -2.28. The molecule has 30 heavy (non-hydrogen) atoms. The number of ether oxygens (including phenoxy) is 1. The molecule has 1 atom stereocenters. The van der Waals surface area contributed by atoms with Gasteiger partial charge in [0.1, 0.15) is 33.3 Å². The Bertz CT molecular complexity index is 1090. The molecule has 3 rings (SSSR count). The zero-order valence-electron chi connectivity index (χ0n) is 17.6. The Morgan fingerprint density at radius 3 is 2.63 bits per heavy atom. The number of hydrogen-bond acceptors (Lipinski definition) is 5. The van der Waals surface area contributed by atoms with Gasteiger partial charge in [0, 0.05) is 6.20 Å². The molecule has 0 bridgehead atoms. The van der Waals surface area contributed by atoms with Gasteiger partial charge in [0.2, 0.25) is 0 Å². The van der Waals surface area contributed by atoms with Gasteiger partial charge in [-0.2, -0.15) is 10.4 Å². The van der Waals surface area contributed by atoms with Crippen LogP contribution in [0.2, 0.25) is 18.1 Å². The van der Waals surface area contributed by atoms with Gasteiger partial charge >= 0.3 is 0 Å². The molecule has 1 unspecified atom stereocenters. The van der Waals surface area contributed by atoms with Crippen LogP contribution in [0.15, 0.2) is 41.3 Å². The molecular weight excluding hydrogens is 467 g/mol. The predicted molar refractivity (Wildman–Crippen MR) is 118 cm³/mol. The van der Waals surface area contributed by atoms with E-state index < -0.39 is 20.2 Å². The molecule has 0 aliphatic rings. The van der Waals surface area contributed by atoms with E-state index in [0.29, 0.717) is 27.1 Å². The summed E-state index contributed by atoms with van der Waals surface area (Å²) in [7, 11) is -2.06. The van der Waals surface area contributed by atoms with Gasteiger partial charge in [0.05, 0.1) is 18.5 Å². The third kappa shape index (κ3) is 4.56. The fourth-order valence-corrected chi connectivity index (χ4v) is 4.10. The average Bonchev–Trinajstić information content (AvgIpc) is 3.00. The number of aromatic nitrogens is 3. The summed E-state index contributed by atoms with van der Waals surface area (Å²) in [6.07, 6.45) is 2.32. The summed E-state index contributed by atoms with van der Waals surface area (Å²) in [6.45, 7) is 11.1. The minimum absolute atomic E-state index is 0.0259. The maximum atomic E-state index is 13.4. The van der Waals surface area contributed by atoms with E-state index in [0.717, 1.165) is 6.20 Å². The van der Waals surface area contributed by atoms with Crippen LogP contribution in [0.25, 0.3) is 5.52 Å². The fraction of sp³-hybridized carbons (Fsp3) is 0.381. The molecule has 9 heteroatoms. The van der Waals surface area contributed by atoms with Crippen molar-refractivity contribution in [1.82, 2.24) is 14.6 Å². The summed E-state index contributed by atoms with van der Waals surface area (Å²) < 4.78 is 28.1. The largest absolute Gasteiger partial charge is 0.479 e. The van der Waals surface area contributed by atoms with Crippen molar-refractivity contribution in [2.24, 2.45) is 0 Å². The van der Waals surface area contributed by atoms with E-state index in [9.17, 15) is 9.65 Å². The van der Waals surface area contributed by atoms with Gasteiger partial charge in [0.25, 0.3) is 0 Å². The van der Waals surface area contributed by atoms with E-state index >= 15 is 0 Å². The van der Waals surface area contributed by atoms with Crippen molar-refractivity contribution in [1.29, 1.82) is 5.26 Å². The Kier molecular flexibility index (Phi) is 6.31. The molecule has 0 aromatic carbocycles. The molecule has 3 aromatic rings. The SMILES string of the molecule is CC(C)(C)[Si](C)(C)OCC(Oc1cccn2nc(Br)c(C#N)c12)c1ccc(F)cn1. The van der Waals surface area contributed by atoms with Gasteiger partial charge in [-0.15, -0.1) is 0 Å².